The number of hydrogen-bond donors (Lipinski definition) is 2. The second kappa shape index (κ2) is 6.26. The van der Waals surface area contributed by atoms with E-state index in [1.54, 1.807) is 12.1 Å². The topological polar surface area (TPSA) is 92.3 Å². The number of sulfone groups is 1. The van der Waals surface area contributed by atoms with E-state index >= 15 is 0 Å². The molecule has 1 unspecified atom stereocenters. The van der Waals surface area contributed by atoms with E-state index in [1.165, 1.54) is 0 Å². The summed E-state index contributed by atoms with van der Waals surface area (Å²) in [7, 11) is -3.04. The van der Waals surface area contributed by atoms with Crippen molar-refractivity contribution in [2.75, 3.05) is 16.8 Å². The van der Waals surface area contributed by atoms with Gasteiger partial charge in [-0.25, -0.2) is 8.42 Å². The molecule has 2 amide bonds. The van der Waals surface area contributed by atoms with Crippen LogP contribution in [0.2, 0.25) is 0 Å². The van der Waals surface area contributed by atoms with Crippen LogP contribution >= 0.6 is 0 Å². The smallest absolute Gasteiger partial charge is 0.233 e. The molecule has 1 aliphatic rings. The molecular weight excluding hydrogens is 292 g/mol. The molecule has 114 valence electrons. The van der Waals surface area contributed by atoms with Crippen LogP contribution in [0.4, 0.5) is 5.69 Å². The van der Waals surface area contributed by atoms with Crippen molar-refractivity contribution < 1.29 is 18.0 Å². The van der Waals surface area contributed by atoms with Gasteiger partial charge in [0, 0.05) is 11.7 Å². The molecule has 0 saturated carbocycles. The summed E-state index contributed by atoms with van der Waals surface area (Å²) in [4.78, 5) is 23.5. The fraction of sp³-hybridized carbons (Fsp3) is 0.429. The van der Waals surface area contributed by atoms with Gasteiger partial charge >= 0.3 is 0 Å². The van der Waals surface area contributed by atoms with E-state index in [1.807, 2.05) is 19.1 Å². The van der Waals surface area contributed by atoms with E-state index < -0.39 is 21.7 Å². The maximum absolute atomic E-state index is 11.7. The lowest BCUT2D eigenvalue weighted by atomic mass is 10.2. The van der Waals surface area contributed by atoms with Gasteiger partial charge in [-0.05, 0) is 31.0 Å². The van der Waals surface area contributed by atoms with Crippen molar-refractivity contribution in [2.45, 2.75) is 25.8 Å². The first-order chi connectivity index (χ1) is 9.84. The van der Waals surface area contributed by atoms with E-state index in [4.69, 9.17) is 0 Å². The molecular formula is C14H18N2O4S. The Kier molecular flexibility index (Phi) is 4.62. The Hall–Kier alpha value is -1.89. The summed E-state index contributed by atoms with van der Waals surface area (Å²) < 4.78 is 22.6. The van der Waals surface area contributed by atoms with Crippen LogP contribution in [0.3, 0.4) is 0 Å². The molecule has 0 spiro atoms. The van der Waals surface area contributed by atoms with Crippen LogP contribution in [-0.2, 0) is 19.4 Å². The maximum Gasteiger partial charge on any atom is 0.233 e. The van der Waals surface area contributed by atoms with Gasteiger partial charge in [0.1, 0.15) is 6.42 Å². The van der Waals surface area contributed by atoms with E-state index in [0.29, 0.717) is 12.1 Å². The quantitative estimate of drug-likeness (QED) is 0.798. The Bertz CT molecular complexity index is 655. The largest absolute Gasteiger partial charge is 0.352 e. The lowest BCUT2D eigenvalue weighted by Crippen LogP contribution is -2.37. The molecule has 2 N–H and O–H groups in total. The number of anilines is 1. The highest BCUT2D eigenvalue weighted by Gasteiger charge is 2.29. The van der Waals surface area contributed by atoms with E-state index in [-0.39, 0.29) is 24.0 Å². The van der Waals surface area contributed by atoms with Gasteiger partial charge in [-0.2, -0.15) is 0 Å². The van der Waals surface area contributed by atoms with Gasteiger partial charge in [-0.3, -0.25) is 9.59 Å². The molecule has 0 radical (unpaired) electrons. The molecule has 1 aromatic rings. The normalized spacial score (nSPS) is 20.0. The third-order valence-electron chi connectivity index (χ3n) is 3.22. The summed E-state index contributed by atoms with van der Waals surface area (Å²) in [6.45, 7) is 1.91. The summed E-state index contributed by atoms with van der Waals surface area (Å²) >= 11 is 0. The van der Waals surface area contributed by atoms with E-state index in [9.17, 15) is 18.0 Å². The lowest BCUT2D eigenvalue weighted by molar-refractivity contribution is -0.127. The number of rotatable bonds is 4. The standard InChI is InChI=1S/C14H18N2O4S/c1-10-3-2-4-11(7-10)15-13(17)8-14(18)16-12-5-6-21(19,20)9-12/h2-4,7,12H,5-6,8-9H2,1H3,(H,15,17)(H,16,18). The summed E-state index contributed by atoms with van der Waals surface area (Å²) in [6, 6.07) is 6.89. The minimum absolute atomic E-state index is 0.0434. The Morgan fingerprint density at radius 1 is 1.29 bits per heavy atom. The minimum atomic E-state index is -3.04. The molecule has 6 nitrogen and oxygen atoms in total. The highest BCUT2D eigenvalue weighted by molar-refractivity contribution is 7.91. The summed E-state index contributed by atoms with van der Waals surface area (Å²) in [5, 5.41) is 5.22. The van der Waals surface area contributed by atoms with Crippen molar-refractivity contribution in [3.8, 4) is 0 Å². The predicted molar refractivity (Wildman–Crippen MR) is 79.6 cm³/mol. The molecule has 1 saturated heterocycles. The number of carbonyl (C=O) groups excluding carboxylic acids is 2. The molecule has 0 bridgehead atoms. The first kappa shape index (κ1) is 15.5. The van der Waals surface area contributed by atoms with E-state index in [2.05, 4.69) is 10.6 Å². The van der Waals surface area contributed by atoms with Crippen molar-refractivity contribution >= 4 is 27.3 Å². The van der Waals surface area contributed by atoms with Crippen LogP contribution in [0.15, 0.2) is 24.3 Å². The molecule has 1 fully saturated rings. The molecule has 1 atom stereocenters. The summed E-state index contributed by atoms with van der Waals surface area (Å²) in [5.74, 6) is -0.827. The third-order valence-corrected chi connectivity index (χ3v) is 4.99. The van der Waals surface area contributed by atoms with Crippen molar-refractivity contribution in [1.29, 1.82) is 0 Å². The molecule has 7 heteroatoms. The highest BCUT2D eigenvalue weighted by atomic mass is 32.2. The van der Waals surface area contributed by atoms with Crippen LogP contribution < -0.4 is 10.6 Å². The van der Waals surface area contributed by atoms with Gasteiger partial charge in [0.05, 0.1) is 11.5 Å². The first-order valence-corrected chi connectivity index (χ1v) is 8.52. The average Bonchev–Trinajstić information content (AvgIpc) is 2.67. The van der Waals surface area contributed by atoms with Gasteiger partial charge in [-0.1, -0.05) is 12.1 Å². The maximum atomic E-state index is 11.7. The van der Waals surface area contributed by atoms with Gasteiger partial charge < -0.3 is 10.6 Å². The fourth-order valence-electron chi connectivity index (χ4n) is 2.26. The van der Waals surface area contributed by atoms with Crippen molar-refractivity contribution in [1.82, 2.24) is 5.32 Å². The van der Waals surface area contributed by atoms with Crippen LogP contribution in [0.1, 0.15) is 18.4 Å². The summed E-state index contributed by atoms with van der Waals surface area (Å²) in [6.07, 6.45) is 0.0953. The number of nitrogens with one attached hydrogen (secondary N) is 2. The molecule has 1 heterocycles. The van der Waals surface area contributed by atoms with Crippen molar-refractivity contribution in [3.05, 3.63) is 29.8 Å². The van der Waals surface area contributed by atoms with Gasteiger partial charge in [-0.15, -0.1) is 0 Å². The monoisotopic (exact) mass is 310 g/mol. The molecule has 1 aliphatic heterocycles. The molecule has 21 heavy (non-hydrogen) atoms. The Balaban J connectivity index is 1.81. The highest BCUT2D eigenvalue weighted by Crippen LogP contribution is 2.12. The fourth-order valence-corrected chi connectivity index (χ4v) is 3.93. The lowest BCUT2D eigenvalue weighted by Gasteiger charge is -2.11. The van der Waals surface area contributed by atoms with Gasteiger partial charge in [0.25, 0.3) is 0 Å². The zero-order chi connectivity index (χ0) is 15.5. The number of hydrogen-bond acceptors (Lipinski definition) is 4. The van der Waals surface area contributed by atoms with Crippen LogP contribution in [0.25, 0.3) is 0 Å². The Labute approximate surface area is 123 Å². The second-order valence-electron chi connectivity index (χ2n) is 5.26. The van der Waals surface area contributed by atoms with Crippen LogP contribution in [-0.4, -0.2) is 37.8 Å². The Morgan fingerprint density at radius 3 is 2.67 bits per heavy atom. The summed E-state index contributed by atoms with van der Waals surface area (Å²) in [5.41, 5.74) is 1.64. The predicted octanol–water partition coefficient (Wildman–Crippen LogP) is 0.627. The number of benzene rings is 1. The van der Waals surface area contributed by atoms with Crippen LogP contribution in [0, 0.1) is 6.92 Å². The van der Waals surface area contributed by atoms with Crippen molar-refractivity contribution in [3.63, 3.8) is 0 Å². The molecule has 0 aromatic heterocycles. The third kappa shape index (κ3) is 4.86. The van der Waals surface area contributed by atoms with Crippen LogP contribution in [0.5, 0.6) is 0 Å². The number of amides is 2. The minimum Gasteiger partial charge on any atom is -0.352 e. The zero-order valence-corrected chi connectivity index (χ0v) is 12.6. The van der Waals surface area contributed by atoms with Crippen molar-refractivity contribution in [2.24, 2.45) is 0 Å². The van der Waals surface area contributed by atoms with Gasteiger partial charge in [0.15, 0.2) is 9.84 Å². The SMILES string of the molecule is Cc1cccc(NC(=O)CC(=O)NC2CCS(=O)(=O)C2)c1. The van der Waals surface area contributed by atoms with E-state index in [0.717, 1.165) is 5.56 Å². The average molecular weight is 310 g/mol. The first-order valence-electron chi connectivity index (χ1n) is 6.70. The molecule has 1 aromatic carbocycles. The molecule has 0 aliphatic carbocycles. The molecule has 2 rings (SSSR count). The second-order valence-corrected chi connectivity index (χ2v) is 7.49. The number of carbonyl (C=O) groups is 2. The Morgan fingerprint density at radius 2 is 2.05 bits per heavy atom. The number of aryl methyl sites for hydroxylation is 1. The van der Waals surface area contributed by atoms with Gasteiger partial charge in [0.2, 0.25) is 11.8 Å². The zero-order valence-electron chi connectivity index (χ0n) is 11.8.